The second-order valence-corrected chi connectivity index (χ2v) is 7.55. The standard InChI is InChI=1S/C17H17N5S2/c1-20(2)13-7-4-6-12(10-13)14-11-22-16(18-14)24-17(19-22)21(3)15-8-5-9-23-15/h4-11H,1-3H3. The summed E-state index contributed by atoms with van der Waals surface area (Å²) in [6.07, 6.45) is 1.99. The van der Waals surface area contributed by atoms with E-state index in [1.807, 2.05) is 37.9 Å². The molecule has 0 N–H and O–H groups in total. The van der Waals surface area contributed by atoms with Gasteiger partial charge in [0, 0.05) is 32.4 Å². The minimum absolute atomic E-state index is 0.902. The normalized spacial score (nSPS) is 11.1. The van der Waals surface area contributed by atoms with Crippen LogP contribution in [0.15, 0.2) is 48.0 Å². The third-order valence-electron chi connectivity index (χ3n) is 3.81. The Morgan fingerprint density at radius 2 is 1.96 bits per heavy atom. The summed E-state index contributed by atoms with van der Waals surface area (Å²) < 4.78 is 1.86. The van der Waals surface area contributed by atoms with Gasteiger partial charge in [-0.2, -0.15) is 0 Å². The highest BCUT2D eigenvalue weighted by molar-refractivity contribution is 7.21. The molecule has 0 saturated heterocycles. The van der Waals surface area contributed by atoms with E-state index in [9.17, 15) is 0 Å². The Labute approximate surface area is 148 Å². The number of hydrogen-bond acceptors (Lipinski definition) is 6. The number of benzene rings is 1. The molecule has 0 amide bonds. The number of imidazole rings is 1. The van der Waals surface area contributed by atoms with Crippen molar-refractivity contribution in [2.75, 3.05) is 30.9 Å². The molecule has 0 bridgehead atoms. The fraction of sp³-hybridized carbons (Fsp3) is 0.176. The molecule has 0 saturated carbocycles. The molecule has 0 aliphatic carbocycles. The van der Waals surface area contributed by atoms with Crippen LogP contribution in [0.2, 0.25) is 0 Å². The number of aromatic nitrogens is 3. The van der Waals surface area contributed by atoms with Crippen LogP contribution in [-0.2, 0) is 0 Å². The van der Waals surface area contributed by atoms with Crippen molar-refractivity contribution in [3.63, 3.8) is 0 Å². The fourth-order valence-corrected chi connectivity index (χ4v) is 4.08. The van der Waals surface area contributed by atoms with E-state index in [4.69, 9.17) is 4.98 Å². The molecule has 0 atom stereocenters. The van der Waals surface area contributed by atoms with Crippen molar-refractivity contribution in [2.45, 2.75) is 0 Å². The van der Waals surface area contributed by atoms with Gasteiger partial charge in [0.2, 0.25) is 10.1 Å². The van der Waals surface area contributed by atoms with Crippen molar-refractivity contribution in [3.8, 4) is 11.3 Å². The molecule has 24 heavy (non-hydrogen) atoms. The molecule has 0 aliphatic rings. The van der Waals surface area contributed by atoms with E-state index in [-0.39, 0.29) is 0 Å². The smallest absolute Gasteiger partial charge is 0.214 e. The van der Waals surface area contributed by atoms with Gasteiger partial charge in [0.15, 0.2) is 0 Å². The van der Waals surface area contributed by atoms with Gasteiger partial charge in [-0.3, -0.25) is 0 Å². The maximum Gasteiger partial charge on any atom is 0.214 e. The lowest BCUT2D eigenvalue weighted by Crippen LogP contribution is -2.08. The van der Waals surface area contributed by atoms with Gasteiger partial charge < -0.3 is 9.80 Å². The number of anilines is 3. The number of rotatable bonds is 4. The molecule has 0 radical (unpaired) electrons. The number of nitrogens with zero attached hydrogens (tertiary/aromatic N) is 5. The summed E-state index contributed by atoms with van der Waals surface area (Å²) in [5, 5.41) is 8.85. The average Bonchev–Trinajstić information content (AvgIpc) is 3.30. The molecule has 3 heterocycles. The lowest BCUT2D eigenvalue weighted by atomic mass is 10.1. The largest absolute Gasteiger partial charge is 0.378 e. The zero-order chi connectivity index (χ0) is 16.7. The first-order chi connectivity index (χ1) is 11.6. The molecule has 1 aromatic carbocycles. The van der Waals surface area contributed by atoms with Crippen LogP contribution >= 0.6 is 22.7 Å². The molecular formula is C17H17N5S2. The maximum absolute atomic E-state index is 4.74. The molecule has 0 spiro atoms. The van der Waals surface area contributed by atoms with Gasteiger partial charge in [0.25, 0.3) is 0 Å². The lowest BCUT2D eigenvalue weighted by molar-refractivity contribution is 0.956. The summed E-state index contributed by atoms with van der Waals surface area (Å²) in [6, 6.07) is 12.5. The van der Waals surface area contributed by atoms with Crippen LogP contribution < -0.4 is 9.80 Å². The van der Waals surface area contributed by atoms with Crippen LogP contribution in [0.4, 0.5) is 15.8 Å². The van der Waals surface area contributed by atoms with E-state index in [1.54, 1.807) is 22.7 Å². The molecule has 4 rings (SSSR count). The molecule has 5 nitrogen and oxygen atoms in total. The molecule has 7 heteroatoms. The minimum Gasteiger partial charge on any atom is -0.378 e. The zero-order valence-corrected chi connectivity index (χ0v) is 15.3. The van der Waals surface area contributed by atoms with Crippen LogP contribution in [0.3, 0.4) is 0 Å². The highest BCUT2D eigenvalue weighted by atomic mass is 32.1. The predicted octanol–water partition coefficient (Wildman–Crippen LogP) is 4.35. The van der Waals surface area contributed by atoms with Crippen LogP contribution in [0.1, 0.15) is 0 Å². The van der Waals surface area contributed by atoms with Gasteiger partial charge >= 0.3 is 0 Å². The van der Waals surface area contributed by atoms with Crippen molar-refractivity contribution in [1.82, 2.24) is 14.6 Å². The van der Waals surface area contributed by atoms with E-state index in [0.717, 1.165) is 27.0 Å². The van der Waals surface area contributed by atoms with Crippen molar-refractivity contribution in [1.29, 1.82) is 0 Å². The summed E-state index contributed by atoms with van der Waals surface area (Å²) in [5.41, 5.74) is 3.21. The highest BCUT2D eigenvalue weighted by Crippen LogP contribution is 2.32. The Morgan fingerprint density at radius 1 is 1.08 bits per heavy atom. The van der Waals surface area contributed by atoms with E-state index >= 15 is 0 Å². The second kappa shape index (κ2) is 5.92. The Bertz CT molecular complexity index is 937. The summed E-state index contributed by atoms with van der Waals surface area (Å²) >= 11 is 3.29. The van der Waals surface area contributed by atoms with E-state index < -0.39 is 0 Å². The molecule has 0 fully saturated rings. The zero-order valence-electron chi connectivity index (χ0n) is 13.7. The molecule has 0 aliphatic heterocycles. The average molecular weight is 355 g/mol. The number of fused-ring (bicyclic) bond motifs is 1. The Hall–Kier alpha value is -2.38. The van der Waals surface area contributed by atoms with Crippen molar-refractivity contribution in [2.24, 2.45) is 0 Å². The molecular weight excluding hydrogens is 338 g/mol. The SMILES string of the molecule is CN(C)c1cccc(-c2cn3nc(N(C)c4cccs4)sc3n2)c1. The molecule has 0 unspecified atom stereocenters. The van der Waals surface area contributed by atoms with Gasteiger partial charge in [0.05, 0.1) is 16.9 Å². The predicted molar refractivity (Wildman–Crippen MR) is 103 cm³/mol. The van der Waals surface area contributed by atoms with Crippen LogP contribution in [-0.4, -0.2) is 35.7 Å². The topological polar surface area (TPSA) is 36.7 Å². The van der Waals surface area contributed by atoms with Gasteiger partial charge in [-0.05, 0) is 29.6 Å². The van der Waals surface area contributed by atoms with E-state index in [2.05, 4.69) is 50.6 Å². The summed E-state index contributed by atoms with van der Waals surface area (Å²) in [5.74, 6) is 0. The van der Waals surface area contributed by atoms with Gasteiger partial charge in [-0.15, -0.1) is 16.4 Å². The monoisotopic (exact) mass is 355 g/mol. The summed E-state index contributed by atoms with van der Waals surface area (Å²) in [4.78, 5) is 9.83. The van der Waals surface area contributed by atoms with Crippen LogP contribution in [0, 0.1) is 0 Å². The third-order valence-corrected chi connectivity index (χ3v) is 5.76. The first-order valence-corrected chi connectivity index (χ1v) is 9.22. The molecule has 4 aromatic rings. The van der Waals surface area contributed by atoms with Crippen molar-refractivity contribution >= 4 is 43.5 Å². The van der Waals surface area contributed by atoms with Crippen LogP contribution in [0.25, 0.3) is 16.2 Å². The molecule has 3 aromatic heterocycles. The third kappa shape index (κ3) is 2.65. The Balaban J connectivity index is 1.68. The van der Waals surface area contributed by atoms with Crippen molar-refractivity contribution < 1.29 is 0 Å². The van der Waals surface area contributed by atoms with E-state index in [0.29, 0.717) is 0 Å². The summed E-state index contributed by atoms with van der Waals surface area (Å²) in [6.45, 7) is 0. The van der Waals surface area contributed by atoms with Crippen LogP contribution in [0.5, 0.6) is 0 Å². The Kier molecular flexibility index (Phi) is 3.74. The summed E-state index contributed by atoms with van der Waals surface area (Å²) in [7, 11) is 6.11. The molecule has 122 valence electrons. The Morgan fingerprint density at radius 3 is 2.67 bits per heavy atom. The first kappa shape index (κ1) is 15.2. The number of thiophene rings is 1. The lowest BCUT2D eigenvalue weighted by Gasteiger charge is -2.12. The van der Waals surface area contributed by atoms with Gasteiger partial charge in [-0.1, -0.05) is 23.5 Å². The highest BCUT2D eigenvalue weighted by Gasteiger charge is 2.14. The van der Waals surface area contributed by atoms with E-state index in [1.165, 1.54) is 5.00 Å². The first-order valence-electron chi connectivity index (χ1n) is 7.53. The quantitative estimate of drug-likeness (QED) is 0.545. The fourth-order valence-electron chi connectivity index (χ4n) is 2.46. The maximum atomic E-state index is 4.74. The van der Waals surface area contributed by atoms with Gasteiger partial charge in [0.1, 0.15) is 0 Å². The number of hydrogen-bond donors (Lipinski definition) is 0. The van der Waals surface area contributed by atoms with Gasteiger partial charge in [-0.25, -0.2) is 9.50 Å². The van der Waals surface area contributed by atoms with Crippen molar-refractivity contribution in [3.05, 3.63) is 48.0 Å². The minimum atomic E-state index is 0.902. The second-order valence-electron chi connectivity index (χ2n) is 5.69.